The van der Waals surface area contributed by atoms with Crippen LogP contribution in [-0.2, 0) is 11.2 Å². The summed E-state index contributed by atoms with van der Waals surface area (Å²) in [6.07, 6.45) is 3.54. The van der Waals surface area contributed by atoms with E-state index in [0.717, 1.165) is 33.9 Å². The Labute approximate surface area is 176 Å². The number of rotatable bonds is 9. The molecule has 4 aromatic rings. The Kier molecular flexibility index (Phi) is 6.26. The molecule has 0 saturated heterocycles. The van der Waals surface area contributed by atoms with Crippen molar-refractivity contribution in [3.05, 3.63) is 53.5 Å². The number of imidazole rings is 1. The van der Waals surface area contributed by atoms with Crippen LogP contribution in [0.3, 0.4) is 0 Å². The average Bonchev–Trinajstić information content (AvgIpc) is 3.48. The van der Waals surface area contributed by atoms with Gasteiger partial charge < -0.3 is 14.8 Å². The molecule has 0 saturated carbocycles. The minimum atomic E-state index is -0.160. The molecule has 29 heavy (non-hydrogen) atoms. The molecule has 0 spiro atoms. The van der Waals surface area contributed by atoms with E-state index in [1.807, 2.05) is 41.8 Å². The summed E-state index contributed by atoms with van der Waals surface area (Å²) in [6.45, 7) is 0. The van der Waals surface area contributed by atoms with Crippen LogP contribution in [-0.4, -0.2) is 38.0 Å². The Balaban J connectivity index is 1.39. The average molecular weight is 428 g/mol. The standard InChI is InChI=1S/C20H21N5O2S2/c1-28-12-10-15(19-22-13-5-2-3-6-14(13)23-19)21-17(26)8-9-18-24-20(25-27-18)16-7-4-11-29-16/h2-7,11,15H,8-10,12H2,1H3,(H,21,26)(H,22,23)/t15-/m0/s1. The summed E-state index contributed by atoms with van der Waals surface area (Å²) in [5.74, 6) is 2.68. The summed E-state index contributed by atoms with van der Waals surface area (Å²) >= 11 is 3.30. The number of hydrogen-bond donors (Lipinski definition) is 2. The summed E-state index contributed by atoms with van der Waals surface area (Å²) in [5.41, 5.74) is 1.87. The van der Waals surface area contributed by atoms with Crippen LogP contribution in [0.15, 0.2) is 46.3 Å². The smallest absolute Gasteiger partial charge is 0.227 e. The Morgan fingerprint density at radius 3 is 2.97 bits per heavy atom. The summed E-state index contributed by atoms with van der Waals surface area (Å²) in [4.78, 5) is 25.9. The van der Waals surface area contributed by atoms with E-state index < -0.39 is 0 Å². The second kappa shape index (κ2) is 9.23. The molecule has 3 aromatic heterocycles. The van der Waals surface area contributed by atoms with Crippen LogP contribution in [0.1, 0.15) is 30.6 Å². The van der Waals surface area contributed by atoms with E-state index in [9.17, 15) is 4.79 Å². The predicted octanol–water partition coefficient (Wildman–Crippen LogP) is 4.22. The van der Waals surface area contributed by atoms with E-state index in [2.05, 4.69) is 31.7 Å². The van der Waals surface area contributed by atoms with Crippen LogP contribution in [0.5, 0.6) is 0 Å². The fraction of sp³-hybridized carbons (Fsp3) is 0.300. The molecule has 0 aliphatic carbocycles. The molecule has 0 radical (unpaired) electrons. The van der Waals surface area contributed by atoms with Crippen molar-refractivity contribution < 1.29 is 9.32 Å². The molecule has 0 unspecified atom stereocenters. The third-order valence-corrected chi connectivity index (χ3v) is 5.97. The molecule has 3 heterocycles. The van der Waals surface area contributed by atoms with Crippen molar-refractivity contribution in [2.75, 3.05) is 12.0 Å². The van der Waals surface area contributed by atoms with Crippen molar-refractivity contribution in [2.24, 2.45) is 0 Å². The highest BCUT2D eigenvalue weighted by molar-refractivity contribution is 7.98. The SMILES string of the molecule is CSCC[C@H](NC(=O)CCc1nc(-c2cccs2)no1)c1nc2ccccc2[nH]1. The zero-order chi connectivity index (χ0) is 20.1. The number of para-hydroxylation sites is 2. The van der Waals surface area contributed by atoms with Crippen molar-refractivity contribution in [1.29, 1.82) is 0 Å². The maximum absolute atomic E-state index is 12.6. The van der Waals surface area contributed by atoms with Gasteiger partial charge in [0.15, 0.2) is 0 Å². The number of benzene rings is 1. The summed E-state index contributed by atoms with van der Waals surface area (Å²) < 4.78 is 5.28. The van der Waals surface area contributed by atoms with Crippen LogP contribution in [0.2, 0.25) is 0 Å². The number of aromatic amines is 1. The lowest BCUT2D eigenvalue weighted by Crippen LogP contribution is -2.30. The largest absolute Gasteiger partial charge is 0.346 e. The van der Waals surface area contributed by atoms with Crippen LogP contribution < -0.4 is 5.32 Å². The maximum Gasteiger partial charge on any atom is 0.227 e. The monoisotopic (exact) mass is 427 g/mol. The van der Waals surface area contributed by atoms with Gasteiger partial charge in [0.2, 0.25) is 17.6 Å². The maximum atomic E-state index is 12.6. The summed E-state index contributed by atoms with van der Waals surface area (Å²) in [7, 11) is 0. The van der Waals surface area contributed by atoms with Crippen LogP contribution >= 0.6 is 23.1 Å². The van der Waals surface area contributed by atoms with E-state index >= 15 is 0 Å². The number of carbonyl (C=O) groups is 1. The van der Waals surface area contributed by atoms with Gasteiger partial charge in [-0.1, -0.05) is 23.4 Å². The van der Waals surface area contributed by atoms with Gasteiger partial charge in [-0.25, -0.2) is 4.98 Å². The number of aryl methyl sites for hydroxylation is 1. The summed E-state index contributed by atoms with van der Waals surface area (Å²) in [6, 6.07) is 11.6. The molecule has 7 nitrogen and oxygen atoms in total. The molecule has 1 atom stereocenters. The highest BCUT2D eigenvalue weighted by Gasteiger charge is 2.19. The van der Waals surface area contributed by atoms with E-state index in [1.165, 1.54) is 0 Å². The molecular formula is C20H21N5O2S2. The number of amides is 1. The topological polar surface area (TPSA) is 96.7 Å². The first-order valence-electron chi connectivity index (χ1n) is 9.32. The van der Waals surface area contributed by atoms with Gasteiger partial charge in [0.1, 0.15) is 5.82 Å². The van der Waals surface area contributed by atoms with E-state index in [-0.39, 0.29) is 18.4 Å². The molecule has 0 aliphatic heterocycles. The van der Waals surface area contributed by atoms with Gasteiger partial charge in [-0.3, -0.25) is 4.79 Å². The molecule has 1 amide bonds. The van der Waals surface area contributed by atoms with Crippen LogP contribution in [0.25, 0.3) is 21.7 Å². The third kappa shape index (κ3) is 4.86. The first-order valence-corrected chi connectivity index (χ1v) is 11.6. The van der Waals surface area contributed by atoms with Gasteiger partial charge in [0.05, 0.1) is 22.0 Å². The number of nitrogens with one attached hydrogen (secondary N) is 2. The van der Waals surface area contributed by atoms with Crippen LogP contribution in [0, 0.1) is 0 Å². The highest BCUT2D eigenvalue weighted by atomic mass is 32.2. The molecule has 4 rings (SSSR count). The van der Waals surface area contributed by atoms with Gasteiger partial charge in [0, 0.05) is 12.8 Å². The van der Waals surface area contributed by atoms with Gasteiger partial charge in [0.25, 0.3) is 0 Å². The van der Waals surface area contributed by atoms with Gasteiger partial charge >= 0.3 is 0 Å². The minimum absolute atomic E-state index is 0.0626. The number of H-pyrrole nitrogens is 1. The molecule has 1 aromatic carbocycles. The fourth-order valence-corrected chi connectivity index (χ4v) is 4.12. The number of nitrogens with zero attached hydrogens (tertiary/aromatic N) is 3. The summed E-state index contributed by atoms with van der Waals surface area (Å²) in [5, 5.41) is 9.05. The Bertz CT molecular complexity index is 1040. The third-order valence-electron chi connectivity index (χ3n) is 4.46. The molecule has 9 heteroatoms. The van der Waals surface area contributed by atoms with Gasteiger partial charge in [-0.2, -0.15) is 16.7 Å². The zero-order valence-electron chi connectivity index (χ0n) is 15.9. The van der Waals surface area contributed by atoms with E-state index in [1.54, 1.807) is 23.1 Å². The lowest BCUT2D eigenvalue weighted by atomic mass is 10.2. The molecule has 150 valence electrons. The van der Waals surface area contributed by atoms with E-state index in [0.29, 0.717) is 18.1 Å². The Morgan fingerprint density at radius 1 is 1.28 bits per heavy atom. The number of carbonyl (C=O) groups excluding carboxylic acids is 1. The first-order chi connectivity index (χ1) is 14.2. The van der Waals surface area contributed by atoms with Crippen molar-refractivity contribution in [3.63, 3.8) is 0 Å². The highest BCUT2D eigenvalue weighted by Crippen LogP contribution is 2.22. The number of aromatic nitrogens is 4. The van der Waals surface area contributed by atoms with Gasteiger partial charge in [-0.15, -0.1) is 11.3 Å². The van der Waals surface area contributed by atoms with Crippen LogP contribution in [0.4, 0.5) is 0 Å². The zero-order valence-corrected chi connectivity index (χ0v) is 17.6. The van der Waals surface area contributed by atoms with Crippen molar-refractivity contribution >= 4 is 40.0 Å². The molecule has 0 fully saturated rings. The van der Waals surface area contributed by atoms with Crippen molar-refractivity contribution in [2.45, 2.75) is 25.3 Å². The normalized spacial score (nSPS) is 12.3. The predicted molar refractivity (Wildman–Crippen MR) is 116 cm³/mol. The minimum Gasteiger partial charge on any atom is -0.346 e. The number of thiophene rings is 1. The van der Waals surface area contributed by atoms with E-state index in [4.69, 9.17) is 4.52 Å². The second-order valence-electron chi connectivity index (χ2n) is 6.53. The first kappa shape index (κ1) is 19.7. The Morgan fingerprint density at radius 2 is 2.17 bits per heavy atom. The quantitative estimate of drug-likeness (QED) is 0.415. The molecule has 0 bridgehead atoms. The second-order valence-corrected chi connectivity index (χ2v) is 8.46. The van der Waals surface area contributed by atoms with Crippen molar-refractivity contribution in [3.8, 4) is 10.7 Å². The lowest BCUT2D eigenvalue weighted by molar-refractivity contribution is -0.122. The molecule has 0 aliphatic rings. The lowest BCUT2D eigenvalue weighted by Gasteiger charge is -2.16. The molecular weight excluding hydrogens is 406 g/mol. The van der Waals surface area contributed by atoms with Crippen molar-refractivity contribution in [1.82, 2.24) is 25.4 Å². The van der Waals surface area contributed by atoms with Gasteiger partial charge in [-0.05, 0) is 42.0 Å². The fourth-order valence-electron chi connectivity index (χ4n) is 3.00. The number of fused-ring (bicyclic) bond motifs is 1. The number of hydrogen-bond acceptors (Lipinski definition) is 7. The Hall–Kier alpha value is -2.65. The number of thioether (sulfide) groups is 1. The molecule has 2 N–H and O–H groups in total.